The molecule has 0 atom stereocenters. The molecule has 5 heteroatoms. The quantitative estimate of drug-likeness (QED) is 0.777. The van der Waals surface area contributed by atoms with Gasteiger partial charge in [0.25, 0.3) is 0 Å². The van der Waals surface area contributed by atoms with E-state index in [2.05, 4.69) is 37.2 Å². The maximum Gasteiger partial charge on any atom is 0.137 e. The van der Waals surface area contributed by atoms with Gasteiger partial charge >= 0.3 is 0 Å². The van der Waals surface area contributed by atoms with Gasteiger partial charge < -0.3 is 10.4 Å². The molecule has 0 fully saturated rings. The van der Waals surface area contributed by atoms with Gasteiger partial charge in [-0.15, -0.1) is 0 Å². The van der Waals surface area contributed by atoms with Crippen LogP contribution in [0.2, 0.25) is 0 Å². The topological polar surface area (TPSA) is 32.3 Å². The number of nitrogens with one attached hydrogen (secondary N) is 1. The van der Waals surface area contributed by atoms with Gasteiger partial charge in [0.2, 0.25) is 0 Å². The van der Waals surface area contributed by atoms with E-state index in [0.717, 1.165) is 16.8 Å². The minimum absolute atomic E-state index is 0.212. The van der Waals surface area contributed by atoms with Gasteiger partial charge in [-0.3, -0.25) is 0 Å². The van der Waals surface area contributed by atoms with Crippen molar-refractivity contribution in [3.8, 4) is 5.75 Å². The van der Waals surface area contributed by atoms with E-state index in [4.69, 9.17) is 0 Å². The summed E-state index contributed by atoms with van der Waals surface area (Å²) in [4.78, 5) is 0. The van der Waals surface area contributed by atoms with E-state index >= 15 is 0 Å². The summed E-state index contributed by atoms with van der Waals surface area (Å²) in [7, 11) is 0. The molecule has 0 heterocycles. The van der Waals surface area contributed by atoms with E-state index in [0.29, 0.717) is 15.5 Å². The third-order valence-electron chi connectivity index (χ3n) is 2.76. The van der Waals surface area contributed by atoms with Crippen LogP contribution in [0.1, 0.15) is 11.1 Å². The van der Waals surface area contributed by atoms with Gasteiger partial charge in [0.15, 0.2) is 0 Å². The molecule has 0 amide bonds. The number of aryl methyl sites for hydroxylation is 1. The summed E-state index contributed by atoms with van der Waals surface area (Å²) in [5.74, 6) is -0.0557. The van der Waals surface area contributed by atoms with Crippen molar-refractivity contribution in [3.63, 3.8) is 0 Å². The molecule has 2 rings (SSSR count). The lowest BCUT2D eigenvalue weighted by atomic mass is 10.1. The van der Waals surface area contributed by atoms with Crippen molar-refractivity contribution in [1.29, 1.82) is 0 Å². The van der Waals surface area contributed by atoms with E-state index < -0.39 is 0 Å². The van der Waals surface area contributed by atoms with Crippen LogP contribution in [0.5, 0.6) is 5.75 Å². The standard InChI is InChI=1S/C14H12Br2FNO/c1-8-4-12(17)10(15)6-13(8)18-7-9-2-3-14(19)11(16)5-9/h2-6,18-19H,7H2,1H3. The molecule has 2 nitrogen and oxygen atoms in total. The van der Waals surface area contributed by atoms with Gasteiger partial charge in [-0.05, 0) is 74.2 Å². The zero-order valence-corrected chi connectivity index (χ0v) is 13.3. The lowest BCUT2D eigenvalue weighted by molar-refractivity contribution is 0.471. The Morgan fingerprint density at radius 2 is 1.89 bits per heavy atom. The zero-order chi connectivity index (χ0) is 14.0. The second kappa shape index (κ2) is 5.92. The molecule has 0 aromatic heterocycles. The van der Waals surface area contributed by atoms with Crippen molar-refractivity contribution in [3.05, 3.63) is 56.2 Å². The molecule has 0 bridgehead atoms. The van der Waals surface area contributed by atoms with Crippen molar-refractivity contribution in [2.45, 2.75) is 13.5 Å². The van der Waals surface area contributed by atoms with Crippen molar-refractivity contribution in [2.75, 3.05) is 5.32 Å². The summed E-state index contributed by atoms with van der Waals surface area (Å²) >= 11 is 6.45. The van der Waals surface area contributed by atoms with Crippen LogP contribution in [0.4, 0.5) is 10.1 Å². The minimum Gasteiger partial charge on any atom is -0.507 e. The fourth-order valence-corrected chi connectivity index (χ4v) is 2.46. The Bertz CT molecular complexity index is 617. The number of hydrogen-bond acceptors (Lipinski definition) is 2. The van der Waals surface area contributed by atoms with Crippen LogP contribution in [-0.4, -0.2) is 5.11 Å². The van der Waals surface area contributed by atoms with Crippen LogP contribution >= 0.6 is 31.9 Å². The van der Waals surface area contributed by atoms with Gasteiger partial charge in [-0.2, -0.15) is 0 Å². The molecule has 0 saturated carbocycles. The highest BCUT2D eigenvalue weighted by molar-refractivity contribution is 9.10. The molecule has 0 saturated heterocycles. The lowest BCUT2D eigenvalue weighted by Gasteiger charge is -2.11. The highest BCUT2D eigenvalue weighted by Crippen LogP contribution is 2.27. The molecule has 0 unspecified atom stereocenters. The molecule has 19 heavy (non-hydrogen) atoms. The summed E-state index contributed by atoms with van der Waals surface area (Å²) < 4.78 is 14.4. The third kappa shape index (κ3) is 3.48. The van der Waals surface area contributed by atoms with Gasteiger partial charge in [-0.1, -0.05) is 6.07 Å². The third-order valence-corrected chi connectivity index (χ3v) is 4.01. The smallest absolute Gasteiger partial charge is 0.137 e. The number of phenolic OH excluding ortho intramolecular Hbond substituents is 1. The number of phenols is 1. The monoisotopic (exact) mass is 387 g/mol. The Labute approximate surface area is 127 Å². The average molecular weight is 389 g/mol. The maximum absolute atomic E-state index is 13.3. The SMILES string of the molecule is Cc1cc(F)c(Br)cc1NCc1ccc(O)c(Br)c1. The maximum atomic E-state index is 13.3. The zero-order valence-electron chi connectivity index (χ0n) is 10.2. The van der Waals surface area contributed by atoms with E-state index in [1.165, 1.54) is 6.07 Å². The summed E-state index contributed by atoms with van der Waals surface area (Å²) in [5.41, 5.74) is 2.74. The van der Waals surface area contributed by atoms with Crippen LogP contribution in [0.3, 0.4) is 0 Å². The molecule has 2 aromatic carbocycles. The van der Waals surface area contributed by atoms with Crippen LogP contribution < -0.4 is 5.32 Å². The number of halogens is 3. The summed E-state index contributed by atoms with van der Waals surface area (Å²) in [5, 5.41) is 12.7. The predicted octanol–water partition coefficient (Wildman–Crippen LogP) is 4.98. The van der Waals surface area contributed by atoms with Crippen molar-refractivity contribution < 1.29 is 9.50 Å². The molecule has 0 radical (unpaired) electrons. The fourth-order valence-electron chi connectivity index (χ4n) is 1.69. The summed E-state index contributed by atoms with van der Waals surface area (Å²) in [6.45, 7) is 2.45. The number of benzene rings is 2. The van der Waals surface area contributed by atoms with Crippen molar-refractivity contribution in [1.82, 2.24) is 0 Å². The van der Waals surface area contributed by atoms with E-state index in [-0.39, 0.29) is 11.6 Å². The van der Waals surface area contributed by atoms with Gasteiger partial charge in [0.1, 0.15) is 11.6 Å². The Morgan fingerprint density at radius 1 is 1.16 bits per heavy atom. The van der Waals surface area contributed by atoms with E-state index in [1.807, 2.05) is 19.1 Å². The highest BCUT2D eigenvalue weighted by Gasteiger charge is 2.05. The van der Waals surface area contributed by atoms with E-state index in [1.54, 1.807) is 12.1 Å². The first kappa shape index (κ1) is 14.3. The van der Waals surface area contributed by atoms with Crippen molar-refractivity contribution in [2.24, 2.45) is 0 Å². The Hall–Kier alpha value is -1.07. The second-order valence-corrected chi connectivity index (χ2v) is 5.93. The Kier molecular flexibility index (Phi) is 4.47. The molecule has 2 N–H and O–H groups in total. The number of hydrogen-bond donors (Lipinski definition) is 2. The van der Waals surface area contributed by atoms with Crippen molar-refractivity contribution >= 4 is 37.5 Å². The molecular weight excluding hydrogens is 377 g/mol. The van der Waals surface area contributed by atoms with Gasteiger partial charge in [0.05, 0.1) is 8.95 Å². The first-order valence-corrected chi connectivity index (χ1v) is 7.23. The molecular formula is C14H12Br2FNO. The molecule has 0 spiro atoms. The van der Waals surface area contributed by atoms with Crippen LogP contribution in [0.15, 0.2) is 39.3 Å². The lowest BCUT2D eigenvalue weighted by Crippen LogP contribution is -2.01. The fraction of sp³-hybridized carbons (Fsp3) is 0.143. The number of rotatable bonds is 3. The van der Waals surface area contributed by atoms with Crippen LogP contribution in [-0.2, 0) is 6.54 Å². The van der Waals surface area contributed by atoms with E-state index in [9.17, 15) is 9.50 Å². The van der Waals surface area contributed by atoms with Gasteiger partial charge in [-0.25, -0.2) is 4.39 Å². The number of aromatic hydroxyl groups is 1. The predicted molar refractivity (Wildman–Crippen MR) is 82.0 cm³/mol. The normalized spacial score (nSPS) is 10.5. The molecule has 0 aliphatic carbocycles. The summed E-state index contributed by atoms with van der Waals surface area (Å²) in [6.07, 6.45) is 0. The second-order valence-electron chi connectivity index (χ2n) is 4.22. The summed E-state index contributed by atoms with van der Waals surface area (Å²) in [6, 6.07) is 8.52. The van der Waals surface area contributed by atoms with Crippen LogP contribution in [0.25, 0.3) is 0 Å². The van der Waals surface area contributed by atoms with Gasteiger partial charge in [0, 0.05) is 12.2 Å². The molecule has 100 valence electrons. The van der Waals surface area contributed by atoms with Crippen LogP contribution in [0, 0.1) is 12.7 Å². The highest BCUT2D eigenvalue weighted by atomic mass is 79.9. The molecule has 0 aliphatic heterocycles. The first-order chi connectivity index (χ1) is 8.97. The largest absolute Gasteiger partial charge is 0.507 e. The number of anilines is 1. The molecule has 2 aromatic rings. The molecule has 0 aliphatic rings. The first-order valence-electron chi connectivity index (χ1n) is 5.64. The Balaban J connectivity index is 2.14. The average Bonchev–Trinajstić information content (AvgIpc) is 2.36. The Morgan fingerprint density at radius 3 is 2.58 bits per heavy atom. The minimum atomic E-state index is -0.268.